The van der Waals surface area contributed by atoms with Gasteiger partial charge in [-0.25, -0.2) is 10.4 Å². The highest BCUT2D eigenvalue weighted by atomic mass is 32.2. The maximum atomic E-state index is 12.1. The van der Waals surface area contributed by atoms with Crippen LogP contribution in [0.1, 0.15) is 12.5 Å². The highest BCUT2D eigenvalue weighted by Gasteiger charge is 2.11. The van der Waals surface area contributed by atoms with E-state index in [9.17, 15) is 14.7 Å². The molecule has 0 saturated heterocycles. The second-order valence-corrected chi connectivity index (χ2v) is 6.85. The minimum absolute atomic E-state index is 0.156. The summed E-state index contributed by atoms with van der Waals surface area (Å²) in [6.45, 7) is 2.22. The number of thioether (sulfide) groups is 1. The van der Waals surface area contributed by atoms with Crippen LogP contribution in [0.25, 0.3) is 11.0 Å². The second-order valence-electron chi connectivity index (χ2n) is 5.91. The molecule has 2 aromatic carbocycles. The topological polar surface area (TPSA) is 109 Å². The van der Waals surface area contributed by atoms with Gasteiger partial charge in [0.05, 0.1) is 29.0 Å². The van der Waals surface area contributed by atoms with Crippen LogP contribution in [0, 0.1) is 0 Å². The molecule has 9 heteroatoms. The molecule has 0 saturated carbocycles. The Morgan fingerprint density at radius 3 is 2.79 bits per heavy atom. The number of amides is 1. The number of benzene rings is 2. The zero-order valence-electron chi connectivity index (χ0n) is 15.7. The Bertz CT molecular complexity index is 1050. The number of nitrogens with one attached hydrogen (secondary N) is 1. The van der Waals surface area contributed by atoms with E-state index >= 15 is 0 Å². The number of fused-ring (bicyclic) bond motifs is 1. The van der Waals surface area contributed by atoms with Gasteiger partial charge >= 0.3 is 0 Å². The number of rotatable bonds is 9. The zero-order valence-corrected chi connectivity index (χ0v) is 16.5. The predicted octanol–water partition coefficient (Wildman–Crippen LogP) is 1.43. The molecule has 1 amide bonds. The first-order valence-corrected chi connectivity index (χ1v) is 9.88. The number of aliphatic carboxylic acids is 1. The van der Waals surface area contributed by atoms with Crippen LogP contribution >= 0.6 is 11.8 Å². The van der Waals surface area contributed by atoms with Crippen LogP contribution in [0.5, 0.6) is 5.75 Å². The van der Waals surface area contributed by atoms with Crippen molar-refractivity contribution in [1.29, 1.82) is 0 Å². The molecular formula is C20H19N4O4S-. The summed E-state index contributed by atoms with van der Waals surface area (Å²) in [6, 6.07) is 14.6. The largest absolute Gasteiger partial charge is 0.546 e. The van der Waals surface area contributed by atoms with Gasteiger partial charge in [0.25, 0.3) is 5.91 Å². The number of carbonyl (C=O) groups excluding carboxylic acids is 2. The molecule has 0 aliphatic carbocycles. The summed E-state index contributed by atoms with van der Waals surface area (Å²) < 4.78 is 7.19. The van der Waals surface area contributed by atoms with Crippen molar-refractivity contribution in [3.05, 3.63) is 54.1 Å². The fourth-order valence-corrected chi connectivity index (χ4v) is 3.53. The van der Waals surface area contributed by atoms with Crippen molar-refractivity contribution in [2.45, 2.75) is 18.6 Å². The normalized spacial score (nSPS) is 11.1. The smallest absolute Gasteiger partial charge is 0.250 e. The van der Waals surface area contributed by atoms with Crippen molar-refractivity contribution in [2.75, 3.05) is 12.4 Å². The summed E-state index contributed by atoms with van der Waals surface area (Å²) in [4.78, 5) is 27.2. The first-order valence-electron chi connectivity index (χ1n) is 8.90. The van der Waals surface area contributed by atoms with Crippen molar-refractivity contribution < 1.29 is 19.4 Å². The molecule has 3 aromatic rings. The van der Waals surface area contributed by atoms with Crippen molar-refractivity contribution >= 4 is 40.9 Å². The van der Waals surface area contributed by atoms with Gasteiger partial charge in [-0.05, 0) is 31.2 Å². The van der Waals surface area contributed by atoms with E-state index in [0.717, 1.165) is 22.7 Å². The van der Waals surface area contributed by atoms with E-state index in [1.54, 1.807) is 24.3 Å². The number of carbonyl (C=O) groups is 2. The predicted molar refractivity (Wildman–Crippen MR) is 109 cm³/mol. The lowest BCUT2D eigenvalue weighted by molar-refractivity contribution is -0.307. The van der Waals surface area contributed by atoms with Gasteiger partial charge in [0, 0.05) is 12.1 Å². The molecule has 29 heavy (non-hydrogen) atoms. The van der Waals surface area contributed by atoms with E-state index in [1.807, 2.05) is 31.2 Å². The van der Waals surface area contributed by atoms with E-state index in [4.69, 9.17) is 4.74 Å². The van der Waals surface area contributed by atoms with Crippen LogP contribution in [0.4, 0.5) is 0 Å². The van der Waals surface area contributed by atoms with E-state index in [1.165, 1.54) is 18.0 Å². The Kier molecular flexibility index (Phi) is 6.85. The van der Waals surface area contributed by atoms with Gasteiger partial charge in [-0.15, -0.1) is 0 Å². The highest BCUT2D eigenvalue weighted by molar-refractivity contribution is 7.99. The van der Waals surface area contributed by atoms with E-state index in [-0.39, 0.29) is 11.7 Å². The van der Waals surface area contributed by atoms with Gasteiger partial charge < -0.3 is 19.2 Å². The van der Waals surface area contributed by atoms with Crippen molar-refractivity contribution in [1.82, 2.24) is 15.0 Å². The average molecular weight is 411 g/mol. The number of carboxylic acid groups (broad SMARTS) is 1. The molecule has 0 aliphatic heterocycles. The molecule has 1 aromatic heterocycles. The number of aryl methyl sites for hydroxylation is 1. The Labute approximate surface area is 171 Å². The molecule has 0 aliphatic rings. The third kappa shape index (κ3) is 5.35. The summed E-state index contributed by atoms with van der Waals surface area (Å²) >= 11 is 1.34. The fourth-order valence-electron chi connectivity index (χ4n) is 2.66. The first-order chi connectivity index (χ1) is 14.1. The Balaban J connectivity index is 1.58. The molecule has 8 nitrogen and oxygen atoms in total. The van der Waals surface area contributed by atoms with E-state index < -0.39 is 12.6 Å². The number of carboxylic acids is 1. The SMILES string of the molecule is CCn1c(SCC(=O)NN=Cc2ccccc2OCC(=O)[O-])nc2ccccc21. The summed E-state index contributed by atoms with van der Waals surface area (Å²) in [5.74, 6) is -1.11. The van der Waals surface area contributed by atoms with Crippen LogP contribution in [-0.2, 0) is 16.1 Å². The van der Waals surface area contributed by atoms with Crippen molar-refractivity contribution in [2.24, 2.45) is 5.10 Å². The Morgan fingerprint density at radius 1 is 1.24 bits per heavy atom. The van der Waals surface area contributed by atoms with E-state index in [0.29, 0.717) is 11.3 Å². The zero-order chi connectivity index (χ0) is 20.6. The molecular weight excluding hydrogens is 392 g/mol. The van der Waals surface area contributed by atoms with Gasteiger partial charge in [-0.3, -0.25) is 4.79 Å². The quantitative estimate of drug-likeness (QED) is 0.324. The van der Waals surface area contributed by atoms with Gasteiger partial charge in [0.2, 0.25) is 0 Å². The fraction of sp³-hybridized carbons (Fsp3) is 0.200. The van der Waals surface area contributed by atoms with Crippen molar-refractivity contribution in [3.63, 3.8) is 0 Å². The van der Waals surface area contributed by atoms with Gasteiger partial charge in [0.15, 0.2) is 5.16 Å². The summed E-state index contributed by atoms with van der Waals surface area (Å²) in [7, 11) is 0. The number of aromatic nitrogens is 2. The minimum Gasteiger partial charge on any atom is -0.546 e. The molecule has 3 rings (SSSR count). The maximum Gasteiger partial charge on any atom is 0.250 e. The number of imidazole rings is 1. The van der Waals surface area contributed by atoms with Crippen LogP contribution in [0.3, 0.4) is 0 Å². The number of hydrogen-bond donors (Lipinski definition) is 1. The molecule has 150 valence electrons. The molecule has 0 spiro atoms. The molecule has 1 heterocycles. The number of nitrogens with zero attached hydrogens (tertiary/aromatic N) is 3. The third-order valence-electron chi connectivity index (χ3n) is 3.93. The monoisotopic (exact) mass is 411 g/mol. The third-order valence-corrected chi connectivity index (χ3v) is 4.90. The maximum absolute atomic E-state index is 12.1. The second kappa shape index (κ2) is 9.74. The van der Waals surface area contributed by atoms with Crippen molar-refractivity contribution in [3.8, 4) is 5.75 Å². The Morgan fingerprint density at radius 2 is 2.00 bits per heavy atom. The lowest BCUT2D eigenvalue weighted by atomic mass is 10.2. The summed E-state index contributed by atoms with van der Waals surface area (Å²) in [5.41, 5.74) is 4.91. The van der Waals surface area contributed by atoms with E-state index in [2.05, 4.69) is 20.1 Å². The number of ether oxygens (including phenoxy) is 1. The molecule has 0 bridgehead atoms. The molecule has 0 fully saturated rings. The molecule has 0 atom stereocenters. The van der Waals surface area contributed by atoms with Crippen LogP contribution in [0.15, 0.2) is 58.8 Å². The molecule has 1 N–H and O–H groups in total. The van der Waals surface area contributed by atoms with Gasteiger partial charge in [0.1, 0.15) is 12.4 Å². The number of hydrazone groups is 1. The van der Waals surface area contributed by atoms with Gasteiger partial charge in [-0.2, -0.15) is 5.10 Å². The lowest BCUT2D eigenvalue weighted by Gasteiger charge is -2.09. The lowest BCUT2D eigenvalue weighted by Crippen LogP contribution is -2.29. The number of hydrogen-bond acceptors (Lipinski definition) is 7. The standard InChI is InChI=1S/C20H20N4O4S/c1-2-24-16-9-5-4-8-15(16)22-20(24)29-13-18(25)23-21-11-14-7-3-6-10-17(14)28-12-19(26)27/h3-11H,2,12-13H2,1H3,(H,23,25)(H,26,27)/p-1. The van der Waals surface area contributed by atoms with Crippen LogP contribution < -0.4 is 15.3 Å². The van der Waals surface area contributed by atoms with Crippen LogP contribution in [0.2, 0.25) is 0 Å². The number of para-hydroxylation sites is 3. The molecule has 0 radical (unpaired) electrons. The molecule has 0 unspecified atom stereocenters. The van der Waals surface area contributed by atoms with Gasteiger partial charge in [-0.1, -0.05) is 36.0 Å². The Hall–Kier alpha value is -3.33. The average Bonchev–Trinajstić information content (AvgIpc) is 3.09. The summed E-state index contributed by atoms with van der Waals surface area (Å²) in [5, 5.41) is 15.2. The van der Waals surface area contributed by atoms with Crippen LogP contribution in [-0.4, -0.2) is 40.0 Å². The first kappa shape index (κ1) is 20.4. The minimum atomic E-state index is -1.32. The summed E-state index contributed by atoms with van der Waals surface area (Å²) in [6.07, 6.45) is 1.40. The highest BCUT2D eigenvalue weighted by Crippen LogP contribution is 2.23.